The molecule has 0 atom stereocenters. The topological polar surface area (TPSA) is 55.1 Å². The van der Waals surface area contributed by atoms with Crippen LogP contribution in [0.25, 0.3) is 11.5 Å². The normalized spacial score (nSPS) is 10.6. The molecule has 0 saturated carbocycles. The van der Waals surface area contributed by atoms with Gasteiger partial charge in [-0.15, -0.1) is 0 Å². The number of anilines is 1. The lowest BCUT2D eigenvalue weighted by Gasteiger charge is -2.05. The van der Waals surface area contributed by atoms with Crippen molar-refractivity contribution in [2.45, 2.75) is 13.3 Å². The molecule has 4 nitrogen and oxygen atoms in total. The Balaban J connectivity index is 1.74. The maximum absolute atomic E-state index is 13.8. The summed E-state index contributed by atoms with van der Waals surface area (Å²) in [6, 6.07) is 13.9. The van der Waals surface area contributed by atoms with Crippen molar-refractivity contribution in [3.63, 3.8) is 0 Å². The van der Waals surface area contributed by atoms with E-state index in [0.29, 0.717) is 21.8 Å². The van der Waals surface area contributed by atoms with Crippen LogP contribution in [0, 0.1) is 12.7 Å². The molecule has 6 heteroatoms. The van der Waals surface area contributed by atoms with E-state index in [2.05, 4.69) is 26.2 Å². The molecule has 1 amide bonds. The number of aryl methyl sites for hydroxylation is 1. The molecule has 0 aliphatic rings. The highest BCUT2D eigenvalue weighted by Gasteiger charge is 2.15. The number of rotatable bonds is 4. The second-order valence-electron chi connectivity index (χ2n) is 5.24. The molecule has 3 rings (SSSR count). The second-order valence-corrected chi connectivity index (χ2v) is 6.15. The number of oxazole rings is 1. The third kappa shape index (κ3) is 3.71. The number of carbonyl (C=O) groups is 1. The summed E-state index contributed by atoms with van der Waals surface area (Å²) in [5.41, 5.74) is 1.50. The Labute approximate surface area is 146 Å². The van der Waals surface area contributed by atoms with Crippen molar-refractivity contribution in [2.24, 2.45) is 0 Å². The van der Waals surface area contributed by atoms with Gasteiger partial charge >= 0.3 is 0 Å². The zero-order valence-corrected chi connectivity index (χ0v) is 14.4. The summed E-state index contributed by atoms with van der Waals surface area (Å²) >= 11 is 3.18. The Hall–Kier alpha value is -2.47. The molecule has 1 N–H and O–H groups in total. The molecule has 0 spiro atoms. The minimum absolute atomic E-state index is 0.0116. The minimum Gasteiger partial charge on any atom is -0.441 e. The van der Waals surface area contributed by atoms with Gasteiger partial charge in [0.25, 0.3) is 0 Å². The standard InChI is InChI=1S/C18H14BrFN2O2/c1-11-16(22-18(24-11)12-5-3-2-4-6-12)10-17(23)21-15-8-7-13(19)9-14(15)20/h2-9H,10H2,1H3,(H,21,23). The summed E-state index contributed by atoms with van der Waals surface area (Å²) < 4.78 is 20.0. The van der Waals surface area contributed by atoms with E-state index in [1.54, 1.807) is 13.0 Å². The number of nitrogens with one attached hydrogen (secondary N) is 1. The Morgan fingerprint density at radius 2 is 2.00 bits per heavy atom. The van der Waals surface area contributed by atoms with E-state index < -0.39 is 5.82 Å². The third-order valence-corrected chi connectivity index (χ3v) is 3.94. The predicted octanol–water partition coefficient (Wildman–Crippen LogP) is 4.73. The first kappa shape index (κ1) is 16.4. The fourth-order valence-electron chi connectivity index (χ4n) is 2.23. The van der Waals surface area contributed by atoms with Crippen LogP contribution in [-0.4, -0.2) is 10.9 Å². The van der Waals surface area contributed by atoms with Crippen LogP contribution < -0.4 is 5.32 Å². The molecule has 0 bridgehead atoms. The van der Waals surface area contributed by atoms with Crippen molar-refractivity contribution in [2.75, 3.05) is 5.32 Å². The van der Waals surface area contributed by atoms with Gasteiger partial charge in [0.2, 0.25) is 11.8 Å². The monoisotopic (exact) mass is 388 g/mol. The highest BCUT2D eigenvalue weighted by atomic mass is 79.9. The maximum atomic E-state index is 13.8. The van der Waals surface area contributed by atoms with Gasteiger partial charge in [-0.25, -0.2) is 9.37 Å². The molecule has 122 valence electrons. The van der Waals surface area contributed by atoms with Gasteiger partial charge in [-0.2, -0.15) is 0 Å². The molecule has 0 radical (unpaired) electrons. The van der Waals surface area contributed by atoms with E-state index in [1.807, 2.05) is 30.3 Å². The van der Waals surface area contributed by atoms with Crippen LogP contribution in [0.1, 0.15) is 11.5 Å². The van der Waals surface area contributed by atoms with Crippen molar-refractivity contribution in [1.29, 1.82) is 0 Å². The average Bonchev–Trinajstić information content (AvgIpc) is 2.92. The van der Waals surface area contributed by atoms with Gasteiger partial charge in [-0.1, -0.05) is 34.1 Å². The second kappa shape index (κ2) is 6.97. The first-order valence-corrected chi connectivity index (χ1v) is 8.09. The lowest BCUT2D eigenvalue weighted by molar-refractivity contribution is -0.115. The van der Waals surface area contributed by atoms with Crippen LogP contribution in [0.3, 0.4) is 0 Å². The molecule has 0 fully saturated rings. The fraction of sp³-hybridized carbons (Fsp3) is 0.111. The van der Waals surface area contributed by atoms with Gasteiger partial charge in [-0.3, -0.25) is 4.79 Å². The molecule has 3 aromatic rings. The van der Waals surface area contributed by atoms with Crippen LogP contribution in [0.5, 0.6) is 0 Å². The summed E-state index contributed by atoms with van der Waals surface area (Å²) in [4.78, 5) is 16.5. The van der Waals surface area contributed by atoms with Crippen LogP contribution >= 0.6 is 15.9 Å². The molecular formula is C18H14BrFN2O2. The summed E-state index contributed by atoms with van der Waals surface area (Å²) in [6.07, 6.45) is 0.0116. The van der Waals surface area contributed by atoms with E-state index in [0.717, 1.165) is 5.56 Å². The van der Waals surface area contributed by atoms with Gasteiger partial charge in [0.05, 0.1) is 17.8 Å². The molecule has 0 aliphatic carbocycles. The van der Waals surface area contributed by atoms with Crippen molar-refractivity contribution >= 4 is 27.5 Å². The van der Waals surface area contributed by atoms with Gasteiger partial charge in [0.1, 0.15) is 11.6 Å². The number of hydrogen-bond acceptors (Lipinski definition) is 3. The average molecular weight is 389 g/mol. The largest absolute Gasteiger partial charge is 0.441 e. The minimum atomic E-state index is -0.500. The van der Waals surface area contributed by atoms with E-state index in [1.165, 1.54) is 12.1 Å². The SMILES string of the molecule is Cc1oc(-c2ccccc2)nc1CC(=O)Nc1ccc(Br)cc1F. The number of amides is 1. The molecule has 2 aromatic carbocycles. The first-order chi connectivity index (χ1) is 11.5. The number of benzene rings is 2. The zero-order valence-electron chi connectivity index (χ0n) is 12.8. The van der Waals surface area contributed by atoms with E-state index >= 15 is 0 Å². The van der Waals surface area contributed by atoms with Crippen LogP contribution in [0.4, 0.5) is 10.1 Å². The Morgan fingerprint density at radius 3 is 2.71 bits per heavy atom. The van der Waals surface area contributed by atoms with Crippen molar-refractivity contribution in [3.05, 3.63) is 70.3 Å². The molecule has 24 heavy (non-hydrogen) atoms. The van der Waals surface area contributed by atoms with Gasteiger partial charge in [-0.05, 0) is 37.3 Å². The molecule has 0 unspecified atom stereocenters. The van der Waals surface area contributed by atoms with Crippen LogP contribution in [0.2, 0.25) is 0 Å². The predicted molar refractivity (Wildman–Crippen MR) is 93.1 cm³/mol. The van der Waals surface area contributed by atoms with Crippen molar-refractivity contribution < 1.29 is 13.6 Å². The molecular weight excluding hydrogens is 375 g/mol. The third-order valence-electron chi connectivity index (χ3n) is 3.45. The first-order valence-electron chi connectivity index (χ1n) is 7.29. The smallest absolute Gasteiger partial charge is 0.230 e. The summed E-state index contributed by atoms with van der Waals surface area (Å²) in [5, 5.41) is 2.55. The fourth-order valence-corrected chi connectivity index (χ4v) is 2.57. The maximum Gasteiger partial charge on any atom is 0.230 e. The van der Waals surface area contributed by atoms with Gasteiger partial charge in [0.15, 0.2) is 0 Å². The Kier molecular flexibility index (Phi) is 4.76. The zero-order chi connectivity index (χ0) is 17.1. The van der Waals surface area contributed by atoms with Crippen LogP contribution in [0.15, 0.2) is 57.4 Å². The molecule has 0 saturated heterocycles. The number of aromatic nitrogens is 1. The quantitative estimate of drug-likeness (QED) is 0.702. The number of nitrogens with zero attached hydrogens (tertiary/aromatic N) is 1. The van der Waals surface area contributed by atoms with E-state index in [-0.39, 0.29) is 18.0 Å². The summed E-state index contributed by atoms with van der Waals surface area (Å²) in [7, 11) is 0. The summed E-state index contributed by atoms with van der Waals surface area (Å²) in [5.74, 6) is 0.179. The van der Waals surface area contributed by atoms with Crippen molar-refractivity contribution in [3.8, 4) is 11.5 Å². The lowest BCUT2D eigenvalue weighted by atomic mass is 10.2. The number of hydrogen-bond donors (Lipinski definition) is 1. The number of halogens is 2. The van der Waals surface area contributed by atoms with Gasteiger partial charge in [0, 0.05) is 10.0 Å². The highest BCUT2D eigenvalue weighted by molar-refractivity contribution is 9.10. The molecule has 1 heterocycles. The van der Waals surface area contributed by atoms with Gasteiger partial charge < -0.3 is 9.73 Å². The molecule has 0 aliphatic heterocycles. The Morgan fingerprint density at radius 1 is 1.25 bits per heavy atom. The summed E-state index contributed by atoms with van der Waals surface area (Å²) in [6.45, 7) is 1.75. The van der Waals surface area contributed by atoms with E-state index in [9.17, 15) is 9.18 Å². The van der Waals surface area contributed by atoms with Crippen LogP contribution in [-0.2, 0) is 11.2 Å². The van der Waals surface area contributed by atoms with E-state index in [4.69, 9.17) is 4.42 Å². The number of carbonyl (C=O) groups excluding carboxylic acids is 1. The Bertz CT molecular complexity index is 878. The van der Waals surface area contributed by atoms with Crippen molar-refractivity contribution in [1.82, 2.24) is 4.98 Å². The highest BCUT2D eigenvalue weighted by Crippen LogP contribution is 2.23. The molecule has 1 aromatic heterocycles. The lowest BCUT2D eigenvalue weighted by Crippen LogP contribution is -2.16.